The standard InChI is InChI=1S/C14H11Br2N.2C6H5.Sn/c1-2-17(13-7-3-11(15)4-8-13)14-9-5-12(16)6-10-14;2*1-2-4-6-5-3-1;/h3-7,9H,2H2,1H3;2*1-5H;. The summed E-state index contributed by atoms with van der Waals surface area (Å²) in [4.78, 5) is 2.48. The van der Waals surface area contributed by atoms with Crippen LogP contribution >= 0.6 is 31.9 Å². The van der Waals surface area contributed by atoms with E-state index in [9.17, 15) is 0 Å². The molecular weight excluding hydrogens is 605 g/mol. The third kappa shape index (κ3) is 3.09. The van der Waals surface area contributed by atoms with Gasteiger partial charge in [-0.05, 0) is 0 Å². The molecule has 0 radical (unpaired) electrons. The van der Waals surface area contributed by atoms with E-state index in [0.29, 0.717) is 0 Å². The molecule has 1 nitrogen and oxygen atoms in total. The molecule has 4 aromatic rings. The van der Waals surface area contributed by atoms with Gasteiger partial charge in [-0.1, -0.05) is 0 Å². The molecule has 1 aliphatic rings. The Labute approximate surface area is 198 Å². The van der Waals surface area contributed by atoms with E-state index in [1.165, 1.54) is 25.7 Å². The predicted octanol–water partition coefficient (Wildman–Crippen LogP) is 5.06. The van der Waals surface area contributed by atoms with Crippen molar-refractivity contribution in [3.05, 3.63) is 106 Å². The fraction of sp³-hybridized carbons (Fsp3) is 0.0769. The molecule has 148 valence electrons. The molecule has 5 rings (SSSR count). The summed E-state index contributed by atoms with van der Waals surface area (Å²) in [7, 11) is 0. The predicted molar refractivity (Wildman–Crippen MR) is 138 cm³/mol. The van der Waals surface area contributed by atoms with Gasteiger partial charge < -0.3 is 0 Å². The van der Waals surface area contributed by atoms with E-state index in [-0.39, 0.29) is 0 Å². The van der Waals surface area contributed by atoms with Gasteiger partial charge in [0, 0.05) is 0 Å². The van der Waals surface area contributed by atoms with Crippen molar-refractivity contribution in [1.82, 2.24) is 0 Å². The van der Waals surface area contributed by atoms with Gasteiger partial charge in [-0.15, -0.1) is 0 Å². The summed E-state index contributed by atoms with van der Waals surface area (Å²) in [6.07, 6.45) is 0. The average Bonchev–Trinajstić information content (AvgIpc) is 2.79. The van der Waals surface area contributed by atoms with Crippen LogP contribution in [0.3, 0.4) is 0 Å². The van der Waals surface area contributed by atoms with Crippen LogP contribution in [0.1, 0.15) is 6.92 Å². The van der Waals surface area contributed by atoms with Crippen molar-refractivity contribution < 1.29 is 0 Å². The average molecular weight is 626 g/mol. The van der Waals surface area contributed by atoms with E-state index in [2.05, 4.69) is 141 Å². The Kier molecular flexibility index (Phi) is 5.54. The molecule has 0 saturated carbocycles. The summed E-state index contributed by atoms with van der Waals surface area (Å²) in [6.45, 7) is 3.18. The van der Waals surface area contributed by atoms with Gasteiger partial charge in [0.2, 0.25) is 0 Å². The first-order valence-electron chi connectivity index (χ1n) is 10.1. The third-order valence-electron chi connectivity index (χ3n) is 6.04. The second-order valence-corrected chi connectivity index (χ2v) is 20.0. The Balaban J connectivity index is 2.01. The van der Waals surface area contributed by atoms with Crippen molar-refractivity contribution in [1.29, 1.82) is 0 Å². The molecule has 0 aliphatic carbocycles. The van der Waals surface area contributed by atoms with E-state index in [1.54, 1.807) is 0 Å². The number of anilines is 2. The number of hydrogen-bond donors (Lipinski definition) is 0. The molecule has 1 aliphatic heterocycles. The molecule has 30 heavy (non-hydrogen) atoms. The zero-order chi connectivity index (χ0) is 20.7. The number of benzene rings is 4. The first-order chi connectivity index (χ1) is 14.7. The monoisotopic (exact) mass is 625 g/mol. The van der Waals surface area contributed by atoms with E-state index in [0.717, 1.165) is 15.5 Å². The SMILES string of the molecule is CCN1c2ccc(Br)c[c]2[Sn]([c]2ccccc2)([c]2ccccc2)[c]2cc(Br)ccc21. The van der Waals surface area contributed by atoms with Crippen molar-refractivity contribution in [3.63, 3.8) is 0 Å². The van der Waals surface area contributed by atoms with Gasteiger partial charge in [0.15, 0.2) is 0 Å². The molecule has 0 amide bonds. The zero-order valence-electron chi connectivity index (χ0n) is 16.6. The van der Waals surface area contributed by atoms with Crippen molar-refractivity contribution in [2.24, 2.45) is 0 Å². The minimum atomic E-state index is -3.57. The van der Waals surface area contributed by atoms with Crippen molar-refractivity contribution >= 4 is 75.9 Å². The topological polar surface area (TPSA) is 3.24 Å². The van der Waals surface area contributed by atoms with Gasteiger partial charge in [-0.2, -0.15) is 0 Å². The van der Waals surface area contributed by atoms with Crippen LogP contribution < -0.4 is 19.2 Å². The zero-order valence-corrected chi connectivity index (χ0v) is 22.7. The second kappa shape index (κ2) is 8.17. The van der Waals surface area contributed by atoms with Crippen LogP contribution in [-0.2, 0) is 0 Å². The van der Waals surface area contributed by atoms with E-state index in [4.69, 9.17) is 0 Å². The van der Waals surface area contributed by atoms with Gasteiger partial charge >= 0.3 is 200 Å². The van der Waals surface area contributed by atoms with Gasteiger partial charge in [0.05, 0.1) is 0 Å². The van der Waals surface area contributed by atoms with Crippen LogP contribution in [0.2, 0.25) is 0 Å². The van der Waals surface area contributed by atoms with E-state index in [1.807, 2.05) is 0 Å². The van der Waals surface area contributed by atoms with Crippen LogP contribution in [0, 0.1) is 0 Å². The molecule has 0 aromatic heterocycles. The summed E-state index contributed by atoms with van der Waals surface area (Å²) in [5.41, 5.74) is 2.69. The normalized spacial score (nSPS) is 14.2. The molecule has 0 spiro atoms. The number of rotatable bonds is 3. The first-order valence-corrected chi connectivity index (χ1v) is 17.4. The summed E-state index contributed by atoms with van der Waals surface area (Å²) in [6, 6.07) is 36.1. The molecule has 1 heterocycles. The molecule has 0 saturated heterocycles. The maximum atomic E-state index is 3.79. The molecule has 0 bridgehead atoms. The van der Waals surface area contributed by atoms with Gasteiger partial charge in [-0.25, -0.2) is 0 Å². The first kappa shape index (κ1) is 20.3. The Hall–Kier alpha value is -1.56. The Bertz CT molecular complexity index is 1110. The number of hydrogen-bond acceptors (Lipinski definition) is 1. The molecule has 0 fully saturated rings. The Morgan fingerprint density at radius 2 is 1.07 bits per heavy atom. The van der Waals surface area contributed by atoms with Gasteiger partial charge in [0.1, 0.15) is 0 Å². The summed E-state index contributed by atoms with van der Waals surface area (Å²) < 4.78 is 8.25. The van der Waals surface area contributed by atoms with Crippen LogP contribution in [0.4, 0.5) is 11.4 Å². The second-order valence-electron chi connectivity index (χ2n) is 7.55. The third-order valence-corrected chi connectivity index (χ3v) is 20.8. The number of nitrogens with zero attached hydrogens (tertiary/aromatic N) is 1. The van der Waals surface area contributed by atoms with Crippen LogP contribution in [0.15, 0.2) is 106 Å². The quantitative estimate of drug-likeness (QED) is 0.288. The molecular formula is C26H21Br2NSn. The summed E-state index contributed by atoms with van der Waals surface area (Å²) >= 11 is 4.01. The summed E-state index contributed by atoms with van der Waals surface area (Å²) in [5, 5.41) is 0. The van der Waals surface area contributed by atoms with Crippen molar-refractivity contribution in [3.8, 4) is 0 Å². The number of fused-ring (bicyclic) bond motifs is 2. The molecule has 4 heteroatoms. The van der Waals surface area contributed by atoms with Gasteiger partial charge in [-0.3, -0.25) is 0 Å². The molecule has 0 atom stereocenters. The van der Waals surface area contributed by atoms with Gasteiger partial charge in [0.25, 0.3) is 0 Å². The fourth-order valence-electron chi connectivity index (χ4n) is 4.87. The van der Waals surface area contributed by atoms with Crippen molar-refractivity contribution in [2.75, 3.05) is 11.4 Å². The number of halogens is 2. The molecule has 0 unspecified atom stereocenters. The fourth-order valence-corrected chi connectivity index (χ4v) is 21.6. The minimum absolute atomic E-state index is 0.939. The maximum absolute atomic E-state index is 3.79. The van der Waals surface area contributed by atoms with E-state index >= 15 is 0 Å². The molecule has 0 N–H and O–H groups in total. The molecule has 4 aromatic carbocycles. The van der Waals surface area contributed by atoms with Crippen molar-refractivity contribution in [2.45, 2.75) is 6.92 Å². The Morgan fingerprint density at radius 1 is 0.633 bits per heavy atom. The van der Waals surface area contributed by atoms with Crippen LogP contribution in [0.25, 0.3) is 0 Å². The van der Waals surface area contributed by atoms with Crippen LogP contribution in [0.5, 0.6) is 0 Å². The van der Waals surface area contributed by atoms with E-state index < -0.39 is 18.4 Å². The Morgan fingerprint density at radius 3 is 1.47 bits per heavy atom. The summed E-state index contributed by atoms with van der Waals surface area (Å²) in [5.74, 6) is 0. The van der Waals surface area contributed by atoms with Crippen LogP contribution in [-0.4, -0.2) is 24.9 Å².